The van der Waals surface area contributed by atoms with Gasteiger partial charge in [0.15, 0.2) is 0 Å². The molecule has 2 N–H and O–H groups in total. The Hall–Kier alpha value is -2.21. The number of carboxylic acids is 1. The number of aromatic nitrogens is 1. The number of carboxylic acid groups (broad SMARTS) is 1. The zero-order chi connectivity index (χ0) is 17.7. The number of hydrogen-bond acceptors (Lipinski definition) is 4. The van der Waals surface area contributed by atoms with Gasteiger partial charge in [-0.2, -0.15) is 0 Å². The van der Waals surface area contributed by atoms with Crippen LogP contribution in [0, 0.1) is 0 Å². The molecule has 0 radical (unpaired) electrons. The lowest BCUT2D eigenvalue weighted by molar-refractivity contribution is -0.143. The summed E-state index contributed by atoms with van der Waals surface area (Å²) in [6.07, 6.45) is 0.376. The van der Waals surface area contributed by atoms with Crippen LogP contribution in [0.1, 0.15) is 54.2 Å². The monoisotopic (exact) mass is 346 g/mol. The standard InChI is InChI=1S/C18H22N2O3S/c1-4-18(17(22)23,13-8-6-5-7-9-13)11-19-15(21)14-10-24-16(20-14)12(2)3/h5-10,12H,4,11H2,1-3H3,(H,19,21)(H,22,23). The molecule has 1 aromatic carbocycles. The molecule has 0 aliphatic heterocycles. The maximum Gasteiger partial charge on any atom is 0.315 e. The van der Waals surface area contributed by atoms with E-state index in [2.05, 4.69) is 10.3 Å². The second kappa shape index (κ2) is 7.57. The maximum absolute atomic E-state index is 12.3. The van der Waals surface area contributed by atoms with Gasteiger partial charge in [-0.25, -0.2) is 4.98 Å². The average molecular weight is 346 g/mol. The fourth-order valence-corrected chi connectivity index (χ4v) is 3.33. The summed E-state index contributed by atoms with van der Waals surface area (Å²) >= 11 is 1.44. The third kappa shape index (κ3) is 3.64. The van der Waals surface area contributed by atoms with Gasteiger partial charge in [0.25, 0.3) is 5.91 Å². The van der Waals surface area contributed by atoms with Crippen molar-refractivity contribution >= 4 is 23.2 Å². The summed E-state index contributed by atoms with van der Waals surface area (Å²) < 4.78 is 0. The molecular weight excluding hydrogens is 324 g/mol. The van der Waals surface area contributed by atoms with Gasteiger partial charge in [-0.3, -0.25) is 9.59 Å². The highest BCUT2D eigenvalue weighted by atomic mass is 32.1. The van der Waals surface area contributed by atoms with Crippen molar-refractivity contribution in [1.82, 2.24) is 10.3 Å². The number of nitrogens with zero attached hydrogens (tertiary/aromatic N) is 1. The Bertz CT molecular complexity index is 712. The third-order valence-electron chi connectivity index (χ3n) is 4.14. The molecule has 0 saturated carbocycles. The summed E-state index contributed by atoms with van der Waals surface area (Å²) in [6, 6.07) is 9.01. The SMILES string of the molecule is CCC(CNC(=O)c1csc(C(C)C)n1)(C(=O)O)c1ccccc1. The smallest absolute Gasteiger partial charge is 0.315 e. The Labute approximate surface area is 145 Å². The van der Waals surface area contributed by atoms with E-state index in [4.69, 9.17) is 0 Å². The molecule has 24 heavy (non-hydrogen) atoms. The van der Waals surface area contributed by atoms with Crippen molar-refractivity contribution in [2.45, 2.75) is 38.5 Å². The molecule has 1 aromatic heterocycles. The molecule has 2 rings (SSSR count). The van der Waals surface area contributed by atoms with Gasteiger partial charge in [0.05, 0.1) is 5.01 Å². The number of amides is 1. The first-order valence-corrected chi connectivity index (χ1v) is 8.81. The van der Waals surface area contributed by atoms with Crippen LogP contribution < -0.4 is 5.32 Å². The molecule has 128 valence electrons. The van der Waals surface area contributed by atoms with Crippen molar-refractivity contribution < 1.29 is 14.7 Å². The Morgan fingerprint density at radius 3 is 2.46 bits per heavy atom. The largest absolute Gasteiger partial charge is 0.481 e. The van der Waals surface area contributed by atoms with Gasteiger partial charge in [0.2, 0.25) is 0 Å². The number of hydrogen-bond donors (Lipinski definition) is 2. The highest BCUT2D eigenvalue weighted by Crippen LogP contribution is 2.28. The Morgan fingerprint density at radius 2 is 1.96 bits per heavy atom. The first-order valence-electron chi connectivity index (χ1n) is 7.93. The predicted molar refractivity (Wildman–Crippen MR) is 94.6 cm³/mol. The quantitative estimate of drug-likeness (QED) is 0.805. The predicted octanol–water partition coefficient (Wildman–Crippen LogP) is 3.43. The van der Waals surface area contributed by atoms with Crippen molar-refractivity contribution in [3.05, 3.63) is 52.0 Å². The Morgan fingerprint density at radius 1 is 1.29 bits per heavy atom. The summed E-state index contributed by atoms with van der Waals surface area (Å²) in [5, 5.41) is 15.1. The fraction of sp³-hybridized carbons (Fsp3) is 0.389. The van der Waals surface area contributed by atoms with Gasteiger partial charge in [-0.1, -0.05) is 51.1 Å². The van der Waals surface area contributed by atoms with Crippen LogP contribution in [0.25, 0.3) is 0 Å². The average Bonchev–Trinajstić information content (AvgIpc) is 3.07. The van der Waals surface area contributed by atoms with E-state index in [9.17, 15) is 14.7 Å². The van der Waals surface area contributed by atoms with Gasteiger partial charge >= 0.3 is 5.97 Å². The zero-order valence-corrected chi connectivity index (χ0v) is 14.9. The molecule has 0 bridgehead atoms. The van der Waals surface area contributed by atoms with Crippen LogP contribution in [-0.4, -0.2) is 28.5 Å². The summed E-state index contributed by atoms with van der Waals surface area (Å²) in [5.74, 6) is -1.03. The minimum absolute atomic E-state index is 0.0240. The molecule has 6 heteroatoms. The van der Waals surface area contributed by atoms with Gasteiger partial charge in [-0.15, -0.1) is 11.3 Å². The molecular formula is C18H22N2O3S. The van der Waals surface area contributed by atoms with E-state index in [-0.39, 0.29) is 18.4 Å². The molecule has 0 fully saturated rings. The van der Waals surface area contributed by atoms with Crippen LogP contribution in [0.4, 0.5) is 0 Å². The van der Waals surface area contributed by atoms with Gasteiger partial charge in [0.1, 0.15) is 11.1 Å². The molecule has 2 aromatic rings. The highest BCUT2D eigenvalue weighted by molar-refractivity contribution is 7.09. The van der Waals surface area contributed by atoms with Crippen LogP contribution in [0.3, 0.4) is 0 Å². The van der Waals surface area contributed by atoms with Crippen molar-refractivity contribution in [1.29, 1.82) is 0 Å². The highest BCUT2D eigenvalue weighted by Gasteiger charge is 2.39. The molecule has 0 saturated heterocycles. The van der Waals surface area contributed by atoms with E-state index in [0.717, 1.165) is 5.01 Å². The zero-order valence-electron chi connectivity index (χ0n) is 14.1. The topological polar surface area (TPSA) is 79.3 Å². The Balaban J connectivity index is 2.19. The second-order valence-electron chi connectivity index (χ2n) is 6.02. The number of carbonyl (C=O) groups is 2. The van der Waals surface area contributed by atoms with Gasteiger partial charge in [-0.05, 0) is 12.0 Å². The minimum atomic E-state index is -1.15. The summed E-state index contributed by atoms with van der Waals surface area (Å²) in [4.78, 5) is 28.6. The van der Waals surface area contributed by atoms with E-state index in [1.807, 2.05) is 26.8 Å². The van der Waals surface area contributed by atoms with E-state index >= 15 is 0 Å². The number of nitrogens with one attached hydrogen (secondary N) is 1. The van der Waals surface area contributed by atoms with Gasteiger partial charge < -0.3 is 10.4 Å². The Kier molecular flexibility index (Phi) is 5.72. The second-order valence-corrected chi connectivity index (χ2v) is 6.90. The summed E-state index contributed by atoms with van der Waals surface area (Å²) in [6.45, 7) is 5.87. The minimum Gasteiger partial charge on any atom is -0.481 e. The van der Waals surface area contributed by atoms with Crippen molar-refractivity contribution in [2.24, 2.45) is 0 Å². The maximum atomic E-state index is 12.3. The van der Waals surface area contributed by atoms with Crippen LogP contribution in [-0.2, 0) is 10.2 Å². The molecule has 0 aliphatic carbocycles. The molecule has 0 aliphatic rings. The van der Waals surface area contributed by atoms with Gasteiger partial charge in [0, 0.05) is 17.8 Å². The molecule has 1 atom stereocenters. The first-order chi connectivity index (χ1) is 11.4. The van der Waals surface area contributed by atoms with E-state index in [1.54, 1.807) is 29.6 Å². The number of benzene rings is 1. The van der Waals surface area contributed by atoms with Crippen molar-refractivity contribution in [2.75, 3.05) is 6.54 Å². The van der Waals surface area contributed by atoms with Crippen molar-refractivity contribution in [3.63, 3.8) is 0 Å². The van der Waals surface area contributed by atoms with Crippen LogP contribution in [0.15, 0.2) is 35.7 Å². The number of aliphatic carboxylic acids is 1. The molecule has 1 unspecified atom stereocenters. The summed E-state index contributed by atoms with van der Waals surface area (Å²) in [7, 11) is 0. The fourth-order valence-electron chi connectivity index (χ4n) is 2.52. The van der Waals surface area contributed by atoms with E-state index in [1.165, 1.54) is 11.3 Å². The molecule has 1 heterocycles. The molecule has 0 spiro atoms. The third-order valence-corrected chi connectivity index (χ3v) is 5.28. The van der Waals surface area contributed by atoms with Crippen LogP contribution in [0.5, 0.6) is 0 Å². The number of carbonyl (C=O) groups excluding carboxylic acids is 1. The summed E-state index contributed by atoms with van der Waals surface area (Å²) in [5.41, 5.74) is -0.123. The van der Waals surface area contributed by atoms with E-state index in [0.29, 0.717) is 17.7 Å². The number of rotatable bonds is 7. The van der Waals surface area contributed by atoms with Crippen LogP contribution >= 0.6 is 11.3 Å². The lowest BCUT2D eigenvalue weighted by Crippen LogP contribution is -2.46. The van der Waals surface area contributed by atoms with Crippen LogP contribution in [0.2, 0.25) is 0 Å². The molecule has 5 nitrogen and oxygen atoms in total. The molecule has 1 amide bonds. The lowest BCUT2D eigenvalue weighted by Gasteiger charge is -2.28. The normalized spacial score (nSPS) is 13.5. The first kappa shape index (κ1) is 18.1. The van der Waals surface area contributed by atoms with Crippen molar-refractivity contribution in [3.8, 4) is 0 Å². The lowest BCUT2D eigenvalue weighted by atomic mass is 9.78. The number of thiazole rings is 1. The van der Waals surface area contributed by atoms with E-state index < -0.39 is 11.4 Å².